The Balaban J connectivity index is 1.46. The average molecular weight is 687 g/mol. The first-order valence-corrected chi connectivity index (χ1v) is 16.3. The fourth-order valence-corrected chi connectivity index (χ4v) is 8.82. The van der Waals surface area contributed by atoms with Crippen LogP contribution >= 0.6 is 11.3 Å². The number of thiazole rings is 1. The lowest BCUT2D eigenvalue weighted by molar-refractivity contribution is -0.140. The second kappa shape index (κ2) is 11.2. The van der Waals surface area contributed by atoms with Gasteiger partial charge in [-0.05, 0) is 67.5 Å². The minimum atomic E-state index is -4.80. The minimum Gasteiger partial charge on any atom is -0.290 e. The Hall–Kier alpha value is -3.83. The molecule has 6 rings (SSSR count). The van der Waals surface area contributed by atoms with E-state index in [1.54, 1.807) is 6.08 Å². The van der Waals surface area contributed by atoms with E-state index in [1.807, 2.05) is 0 Å². The first-order valence-electron chi connectivity index (χ1n) is 13.8. The van der Waals surface area contributed by atoms with Crippen molar-refractivity contribution in [3.8, 4) is 5.69 Å². The molecule has 1 fully saturated rings. The number of aryl methyl sites for hydroxylation is 1. The Kier molecular flexibility index (Phi) is 7.79. The smallest absolute Gasteiger partial charge is 0.290 e. The van der Waals surface area contributed by atoms with Gasteiger partial charge in [-0.3, -0.25) is 9.48 Å². The van der Waals surface area contributed by atoms with Crippen LogP contribution in [0.25, 0.3) is 11.8 Å². The van der Waals surface area contributed by atoms with Gasteiger partial charge in [0.05, 0.1) is 50.0 Å². The third kappa shape index (κ3) is 5.79. The average Bonchev–Trinajstić information content (AvgIpc) is 3.74. The number of halogens is 7. The molecular weight excluding hydrogens is 661 g/mol. The van der Waals surface area contributed by atoms with E-state index in [2.05, 4.69) is 21.1 Å². The number of ketones is 1. The summed E-state index contributed by atoms with van der Waals surface area (Å²) >= 11 is 0.159. The van der Waals surface area contributed by atoms with Crippen LogP contribution in [-0.4, -0.2) is 63.5 Å². The molecule has 3 aromatic heterocycles. The predicted octanol–water partition coefficient (Wildman–Crippen LogP) is 6.14. The molecule has 2 aliphatic rings. The number of carbonyl (C=O) groups excluding carboxylic acids is 1. The molecule has 1 aromatic carbocycles. The molecule has 1 saturated carbocycles. The lowest BCUT2D eigenvalue weighted by Crippen LogP contribution is -2.52. The predicted molar refractivity (Wildman–Crippen MR) is 156 cm³/mol. The number of rotatable bonds is 7. The van der Waals surface area contributed by atoms with Crippen molar-refractivity contribution in [2.24, 2.45) is 12.5 Å². The maximum atomic E-state index is 14.3. The summed E-state index contributed by atoms with van der Waals surface area (Å²) in [7, 11) is -2.28. The highest BCUT2D eigenvalue weighted by atomic mass is 32.2. The van der Waals surface area contributed by atoms with Gasteiger partial charge in [0.1, 0.15) is 17.2 Å². The highest BCUT2D eigenvalue weighted by Crippen LogP contribution is 2.52. The fourth-order valence-electron chi connectivity index (χ4n) is 6.18. The maximum absolute atomic E-state index is 14.3. The Morgan fingerprint density at radius 1 is 1.13 bits per heavy atom. The van der Waals surface area contributed by atoms with E-state index in [0.717, 1.165) is 4.31 Å². The number of hydrogen-bond donors (Lipinski definition) is 0. The van der Waals surface area contributed by atoms with Crippen molar-refractivity contribution < 1.29 is 39.7 Å². The van der Waals surface area contributed by atoms with E-state index in [9.17, 15) is 39.7 Å². The standard InChI is InChI=1S/C29H25F7N6O2S2/c1-40-15-22(13-38-40)46(2,44)41(16-28(31,32)33)21-6-3-18-9-23-17(12-39-42(23)20-7-4-19(30)5-8-20)10-27(18,11-21)25(43)26-37-14-24(45-26)29(34,35)36/h4-5,7-9,12-15,21H,2-3,6,10-11,16H2,1H3/t21-,27-,46?/m0/s1. The molecule has 1 unspecified atom stereocenters. The van der Waals surface area contributed by atoms with Gasteiger partial charge in [-0.25, -0.2) is 22.6 Å². The summed E-state index contributed by atoms with van der Waals surface area (Å²) in [5.74, 6) is 2.43. The van der Waals surface area contributed by atoms with Crippen LogP contribution < -0.4 is 0 Å². The van der Waals surface area contributed by atoms with Crippen molar-refractivity contribution >= 4 is 38.8 Å². The number of aromatic nitrogens is 5. The largest absolute Gasteiger partial charge is 0.427 e. The molecule has 0 amide bonds. The van der Waals surface area contributed by atoms with Gasteiger partial charge in [-0.2, -0.15) is 36.5 Å². The van der Waals surface area contributed by atoms with Crippen molar-refractivity contribution in [1.82, 2.24) is 28.9 Å². The molecule has 0 radical (unpaired) electrons. The van der Waals surface area contributed by atoms with Crippen LogP contribution in [-0.2, 0) is 29.4 Å². The Morgan fingerprint density at radius 2 is 1.85 bits per heavy atom. The van der Waals surface area contributed by atoms with Gasteiger partial charge in [0.15, 0.2) is 5.01 Å². The SMILES string of the molecule is C=S(=O)(c1cnn(C)c1)N(CC(F)(F)F)[C@H]1CCC2=Cc3c(cnn3-c3ccc(F)cc3)C[C@]2(C(=O)c2ncc(C(F)(F)F)s2)C1. The van der Waals surface area contributed by atoms with Crippen LogP contribution in [0.4, 0.5) is 30.7 Å². The van der Waals surface area contributed by atoms with Crippen molar-refractivity contribution in [2.45, 2.75) is 49.0 Å². The molecule has 244 valence electrons. The number of fused-ring (bicyclic) bond motifs is 2. The fraction of sp³-hybridized carbons (Fsp3) is 0.345. The van der Waals surface area contributed by atoms with E-state index in [1.165, 1.54) is 59.3 Å². The molecule has 0 bridgehead atoms. The van der Waals surface area contributed by atoms with E-state index in [0.29, 0.717) is 28.7 Å². The van der Waals surface area contributed by atoms with Crippen molar-refractivity contribution in [3.05, 3.63) is 81.6 Å². The first-order chi connectivity index (χ1) is 21.5. The second-order valence-corrected chi connectivity index (χ2v) is 14.6. The summed E-state index contributed by atoms with van der Waals surface area (Å²) in [4.78, 5) is 17.0. The normalized spacial score (nSPS) is 21.4. The zero-order valence-electron chi connectivity index (χ0n) is 24.0. The Morgan fingerprint density at radius 3 is 2.46 bits per heavy atom. The summed E-state index contributed by atoms with van der Waals surface area (Å²) in [5.41, 5.74) is 0.396. The Bertz CT molecular complexity index is 1940. The van der Waals surface area contributed by atoms with Gasteiger partial charge >= 0.3 is 12.4 Å². The van der Waals surface area contributed by atoms with Crippen LogP contribution in [0.5, 0.6) is 0 Å². The van der Waals surface area contributed by atoms with Crippen molar-refractivity contribution in [1.29, 1.82) is 0 Å². The number of carbonyl (C=O) groups is 1. The van der Waals surface area contributed by atoms with Gasteiger partial charge in [-0.1, -0.05) is 5.57 Å². The molecule has 0 spiro atoms. The number of alkyl halides is 6. The van der Waals surface area contributed by atoms with E-state index in [4.69, 9.17) is 0 Å². The highest BCUT2D eigenvalue weighted by Gasteiger charge is 2.53. The minimum absolute atomic E-state index is 0.0371. The number of benzene rings is 1. The molecular formula is C29H25F7N6O2S2. The summed E-state index contributed by atoms with van der Waals surface area (Å²) in [6.45, 7) is -1.61. The first kappa shape index (κ1) is 32.1. The maximum Gasteiger partial charge on any atom is 0.427 e. The van der Waals surface area contributed by atoms with E-state index >= 15 is 0 Å². The molecule has 0 aliphatic heterocycles. The van der Waals surface area contributed by atoms with E-state index in [-0.39, 0.29) is 41.9 Å². The molecule has 4 aromatic rings. The van der Waals surface area contributed by atoms with Crippen LogP contribution in [0.3, 0.4) is 0 Å². The molecule has 0 N–H and O–H groups in total. The summed E-state index contributed by atoms with van der Waals surface area (Å²) in [6.07, 6.45) is -3.74. The van der Waals surface area contributed by atoms with E-state index < -0.39 is 61.5 Å². The topological polar surface area (TPSA) is 85.9 Å². The van der Waals surface area contributed by atoms with Gasteiger partial charge in [-0.15, -0.1) is 11.3 Å². The monoisotopic (exact) mass is 686 g/mol. The van der Waals surface area contributed by atoms with Crippen LogP contribution in [0.1, 0.15) is 45.2 Å². The van der Waals surface area contributed by atoms with Crippen LogP contribution in [0.2, 0.25) is 0 Å². The molecule has 3 atom stereocenters. The van der Waals surface area contributed by atoms with Gasteiger partial charge in [0.2, 0.25) is 5.78 Å². The summed E-state index contributed by atoms with van der Waals surface area (Å²) in [5, 5.41) is 7.88. The number of hydrogen-bond acceptors (Lipinski definition) is 6. The molecule has 46 heavy (non-hydrogen) atoms. The lowest BCUT2D eigenvalue weighted by atomic mass is 9.61. The highest BCUT2D eigenvalue weighted by molar-refractivity contribution is 7.98. The molecule has 8 nitrogen and oxygen atoms in total. The molecule has 17 heteroatoms. The number of Topliss-reactive ketones (excluding diaryl/α,β-unsaturated/α-hetero) is 1. The van der Waals surface area contributed by atoms with Crippen molar-refractivity contribution in [3.63, 3.8) is 0 Å². The molecule has 2 aliphatic carbocycles. The third-order valence-electron chi connectivity index (χ3n) is 8.29. The second-order valence-electron chi connectivity index (χ2n) is 11.3. The number of nitrogens with zero attached hydrogens (tertiary/aromatic N) is 6. The summed E-state index contributed by atoms with van der Waals surface area (Å²) < 4.78 is 114. The quantitative estimate of drug-likeness (QED) is 0.133. The molecule has 3 heterocycles. The Labute approximate surface area is 262 Å². The van der Waals surface area contributed by atoms with Crippen LogP contribution in [0.15, 0.2) is 59.5 Å². The third-order valence-corrected chi connectivity index (χ3v) is 11.5. The lowest BCUT2D eigenvalue weighted by Gasteiger charge is -2.47. The van der Waals surface area contributed by atoms with Gasteiger partial charge in [0, 0.05) is 19.3 Å². The number of allylic oxidation sites excluding steroid dienone is 1. The van der Waals surface area contributed by atoms with Gasteiger partial charge < -0.3 is 0 Å². The van der Waals surface area contributed by atoms with Crippen molar-refractivity contribution in [2.75, 3.05) is 6.54 Å². The molecule has 0 saturated heterocycles. The summed E-state index contributed by atoms with van der Waals surface area (Å²) in [6, 6.07) is 4.36. The zero-order valence-corrected chi connectivity index (χ0v) is 25.6. The van der Waals surface area contributed by atoms with Crippen LogP contribution in [0, 0.1) is 11.2 Å². The van der Waals surface area contributed by atoms with Gasteiger partial charge in [0.25, 0.3) is 0 Å². The zero-order chi connectivity index (χ0) is 33.2.